The molecule has 0 saturated heterocycles. The smallest absolute Gasteiger partial charge is 0.326 e. The summed E-state index contributed by atoms with van der Waals surface area (Å²) in [6, 6.07) is 6.18. The van der Waals surface area contributed by atoms with E-state index >= 15 is 0 Å². The molecule has 2 N–H and O–H groups in total. The van der Waals surface area contributed by atoms with Crippen LogP contribution in [0.4, 0.5) is 10.5 Å². The van der Waals surface area contributed by atoms with Crippen LogP contribution in [-0.4, -0.2) is 30.2 Å². The number of urea groups is 1. The number of anilines is 1. The van der Waals surface area contributed by atoms with Crippen LogP contribution in [0.25, 0.3) is 0 Å². The maximum atomic E-state index is 12.2. The molecule has 0 unspecified atom stereocenters. The van der Waals surface area contributed by atoms with Crippen LogP contribution in [0.3, 0.4) is 0 Å². The number of hydrogen-bond donors (Lipinski definition) is 2. The summed E-state index contributed by atoms with van der Waals surface area (Å²) < 4.78 is 0. The number of amides is 2. The second-order valence-electron chi connectivity index (χ2n) is 5.00. The molecule has 0 spiro atoms. The van der Waals surface area contributed by atoms with E-state index in [2.05, 4.69) is 5.32 Å². The first-order valence-electron chi connectivity index (χ1n) is 6.71. The number of aliphatic carboxylic acids is 1. The standard InChI is InChI=1S/C15H22N2O3/c1-5-10(2)13(14(18)19)16-15(20)17(4)12-9-7-6-8-11(12)3/h6-10,13H,5H2,1-4H3,(H,16,20)(H,18,19)/t10-,13-/m0/s1. The number of carbonyl (C=O) groups is 2. The molecular weight excluding hydrogens is 256 g/mol. The molecule has 5 heteroatoms. The molecule has 1 aromatic rings. The van der Waals surface area contributed by atoms with Gasteiger partial charge < -0.3 is 10.4 Å². The monoisotopic (exact) mass is 278 g/mol. The lowest BCUT2D eigenvalue weighted by atomic mass is 9.99. The van der Waals surface area contributed by atoms with Crippen molar-refractivity contribution in [2.45, 2.75) is 33.2 Å². The van der Waals surface area contributed by atoms with E-state index in [1.165, 1.54) is 4.90 Å². The average Bonchev–Trinajstić information content (AvgIpc) is 2.43. The number of hydrogen-bond acceptors (Lipinski definition) is 2. The van der Waals surface area contributed by atoms with Crippen LogP contribution in [-0.2, 0) is 4.79 Å². The highest BCUT2D eigenvalue weighted by molar-refractivity contribution is 5.94. The van der Waals surface area contributed by atoms with Crippen molar-refractivity contribution in [3.63, 3.8) is 0 Å². The van der Waals surface area contributed by atoms with Gasteiger partial charge >= 0.3 is 12.0 Å². The quantitative estimate of drug-likeness (QED) is 0.870. The molecule has 2 amide bonds. The third kappa shape index (κ3) is 3.73. The number of aryl methyl sites for hydroxylation is 1. The Morgan fingerprint density at radius 1 is 1.35 bits per heavy atom. The molecule has 1 aromatic carbocycles. The average molecular weight is 278 g/mol. The van der Waals surface area contributed by atoms with Crippen LogP contribution in [0.2, 0.25) is 0 Å². The van der Waals surface area contributed by atoms with Gasteiger partial charge in [0.1, 0.15) is 6.04 Å². The molecule has 20 heavy (non-hydrogen) atoms. The van der Waals surface area contributed by atoms with Gasteiger partial charge in [0.05, 0.1) is 0 Å². The normalized spacial score (nSPS) is 13.4. The minimum Gasteiger partial charge on any atom is -0.480 e. The second-order valence-corrected chi connectivity index (χ2v) is 5.00. The molecule has 0 aliphatic rings. The van der Waals surface area contributed by atoms with Crippen molar-refractivity contribution < 1.29 is 14.7 Å². The molecule has 2 atom stereocenters. The van der Waals surface area contributed by atoms with Crippen LogP contribution in [0.15, 0.2) is 24.3 Å². The summed E-state index contributed by atoms with van der Waals surface area (Å²) in [5, 5.41) is 11.8. The van der Waals surface area contributed by atoms with Crippen LogP contribution < -0.4 is 10.2 Å². The van der Waals surface area contributed by atoms with Gasteiger partial charge in [-0.1, -0.05) is 38.5 Å². The van der Waals surface area contributed by atoms with E-state index in [-0.39, 0.29) is 5.92 Å². The predicted octanol–water partition coefficient (Wildman–Crippen LogP) is 2.64. The van der Waals surface area contributed by atoms with Crippen LogP contribution in [0.1, 0.15) is 25.8 Å². The van der Waals surface area contributed by atoms with E-state index in [9.17, 15) is 14.7 Å². The van der Waals surface area contributed by atoms with E-state index < -0.39 is 18.0 Å². The summed E-state index contributed by atoms with van der Waals surface area (Å²) in [6.07, 6.45) is 0.686. The van der Waals surface area contributed by atoms with Crippen molar-refractivity contribution in [2.75, 3.05) is 11.9 Å². The zero-order valence-corrected chi connectivity index (χ0v) is 12.4. The Hall–Kier alpha value is -2.04. The summed E-state index contributed by atoms with van der Waals surface area (Å²) in [4.78, 5) is 24.8. The van der Waals surface area contributed by atoms with Crippen molar-refractivity contribution in [1.29, 1.82) is 0 Å². The Morgan fingerprint density at radius 2 is 1.95 bits per heavy atom. The number of carboxylic acid groups (broad SMARTS) is 1. The molecule has 1 rings (SSSR count). The van der Waals surface area contributed by atoms with Gasteiger partial charge in [-0.15, -0.1) is 0 Å². The lowest BCUT2D eigenvalue weighted by Gasteiger charge is -2.25. The number of carbonyl (C=O) groups excluding carboxylic acids is 1. The summed E-state index contributed by atoms with van der Waals surface area (Å²) in [5.74, 6) is -1.13. The van der Waals surface area contributed by atoms with Gasteiger partial charge in [-0.2, -0.15) is 0 Å². The zero-order valence-electron chi connectivity index (χ0n) is 12.4. The van der Waals surface area contributed by atoms with Crippen LogP contribution in [0, 0.1) is 12.8 Å². The highest BCUT2D eigenvalue weighted by atomic mass is 16.4. The Balaban J connectivity index is 2.84. The van der Waals surface area contributed by atoms with E-state index in [4.69, 9.17) is 0 Å². The zero-order chi connectivity index (χ0) is 15.3. The third-order valence-corrected chi connectivity index (χ3v) is 3.54. The summed E-state index contributed by atoms with van der Waals surface area (Å²) in [5.41, 5.74) is 1.72. The van der Waals surface area contributed by atoms with Gasteiger partial charge in [0.25, 0.3) is 0 Å². The molecule has 0 aromatic heterocycles. The van der Waals surface area contributed by atoms with Crippen molar-refractivity contribution in [3.8, 4) is 0 Å². The maximum Gasteiger partial charge on any atom is 0.326 e. The first-order chi connectivity index (χ1) is 9.38. The Kier molecular flexibility index (Phi) is 5.55. The minimum absolute atomic E-state index is 0.123. The molecule has 110 valence electrons. The Labute approximate surface area is 119 Å². The Morgan fingerprint density at radius 3 is 2.45 bits per heavy atom. The predicted molar refractivity (Wildman–Crippen MR) is 79.0 cm³/mol. The van der Waals surface area contributed by atoms with Crippen molar-refractivity contribution in [1.82, 2.24) is 5.32 Å². The largest absolute Gasteiger partial charge is 0.480 e. The van der Waals surface area contributed by atoms with Gasteiger partial charge in [-0.05, 0) is 24.5 Å². The van der Waals surface area contributed by atoms with E-state index in [0.29, 0.717) is 6.42 Å². The minimum atomic E-state index is -1.01. The first kappa shape index (κ1) is 16.0. The molecule has 5 nitrogen and oxygen atoms in total. The number of nitrogens with zero attached hydrogens (tertiary/aromatic N) is 1. The van der Waals surface area contributed by atoms with Crippen molar-refractivity contribution in [2.24, 2.45) is 5.92 Å². The van der Waals surface area contributed by atoms with E-state index in [0.717, 1.165) is 11.3 Å². The summed E-state index contributed by atoms with van der Waals surface area (Å²) in [6.45, 7) is 5.62. The maximum absolute atomic E-state index is 12.2. The van der Waals surface area contributed by atoms with Gasteiger partial charge in [0.15, 0.2) is 0 Å². The number of nitrogens with one attached hydrogen (secondary N) is 1. The van der Waals surface area contributed by atoms with Crippen LogP contribution >= 0.6 is 0 Å². The number of rotatable bonds is 5. The third-order valence-electron chi connectivity index (χ3n) is 3.54. The second kappa shape index (κ2) is 6.93. The number of para-hydroxylation sites is 1. The summed E-state index contributed by atoms with van der Waals surface area (Å²) >= 11 is 0. The van der Waals surface area contributed by atoms with Gasteiger partial charge in [-0.25, -0.2) is 9.59 Å². The molecule has 0 heterocycles. The lowest BCUT2D eigenvalue weighted by Crippen LogP contribution is -2.49. The van der Waals surface area contributed by atoms with E-state index in [1.54, 1.807) is 7.05 Å². The highest BCUT2D eigenvalue weighted by Crippen LogP contribution is 2.18. The molecule has 0 aliphatic carbocycles. The van der Waals surface area contributed by atoms with E-state index in [1.807, 2.05) is 45.0 Å². The number of carboxylic acids is 1. The molecule has 0 bridgehead atoms. The fourth-order valence-corrected chi connectivity index (χ4v) is 1.96. The molecule has 0 saturated carbocycles. The summed E-state index contributed by atoms with van der Waals surface area (Å²) in [7, 11) is 1.63. The van der Waals surface area contributed by atoms with Gasteiger partial charge in [0, 0.05) is 12.7 Å². The number of benzene rings is 1. The van der Waals surface area contributed by atoms with Crippen molar-refractivity contribution in [3.05, 3.63) is 29.8 Å². The van der Waals surface area contributed by atoms with Crippen LogP contribution in [0.5, 0.6) is 0 Å². The lowest BCUT2D eigenvalue weighted by molar-refractivity contribution is -0.140. The molecule has 0 fully saturated rings. The topological polar surface area (TPSA) is 69.6 Å². The fourth-order valence-electron chi connectivity index (χ4n) is 1.96. The fraction of sp³-hybridized carbons (Fsp3) is 0.467. The van der Waals surface area contributed by atoms with Crippen molar-refractivity contribution >= 4 is 17.7 Å². The highest BCUT2D eigenvalue weighted by Gasteiger charge is 2.27. The molecule has 0 radical (unpaired) electrons. The van der Waals surface area contributed by atoms with Gasteiger partial charge in [-0.3, -0.25) is 4.90 Å². The van der Waals surface area contributed by atoms with Gasteiger partial charge in [0.2, 0.25) is 0 Å². The molecular formula is C15H22N2O3. The SMILES string of the molecule is CC[C@H](C)[C@H](NC(=O)N(C)c1ccccc1C)C(=O)O. The molecule has 0 aliphatic heterocycles. The first-order valence-corrected chi connectivity index (χ1v) is 6.71. The Bertz CT molecular complexity index is 488.